The number of aliphatic hydroxyl groups is 1. The second-order valence-corrected chi connectivity index (χ2v) is 4.77. The molecule has 5 heteroatoms. The number of β-lactam (4-membered cyclic amide) rings is 1. The van der Waals surface area contributed by atoms with E-state index in [-0.39, 0.29) is 23.6 Å². The fourth-order valence-corrected chi connectivity index (χ4v) is 3.11. The molecule has 2 aliphatic rings. The first-order chi connectivity index (χ1) is 7.91. The molecule has 0 spiro atoms. The molecule has 4 atom stereocenters. The van der Waals surface area contributed by atoms with E-state index in [0.717, 1.165) is 5.57 Å². The number of amides is 1. The van der Waals surface area contributed by atoms with Crippen molar-refractivity contribution >= 4 is 11.9 Å². The van der Waals surface area contributed by atoms with Crippen molar-refractivity contribution in [3.05, 3.63) is 11.3 Å². The first kappa shape index (κ1) is 12.1. The molecule has 0 bridgehead atoms. The van der Waals surface area contributed by atoms with Crippen LogP contribution in [0.15, 0.2) is 11.3 Å². The lowest BCUT2D eigenvalue weighted by atomic mass is 9.77. The van der Waals surface area contributed by atoms with Gasteiger partial charge >= 0.3 is 0 Å². The largest absolute Gasteiger partial charge is 0.543 e. The molecule has 0 aromatic heterocycles. The Morgan fingerprint density at radius 3 is 2.59 bits per heavy atom. The Bertz CT molecular complexity index is 413. The van der Waals surface area contributed by atoms with Gasteiger partial charge in [0.05, 0.1) is 29.7 Å². The van der Waals surface area contributed by atoms with Crippen LogP contribution in [0.5, 0.6) is 0 Å². The van der Waals surface area contributed by atoms with E-state index in [4.69, 9.17) is 0 Å². The molecular weight excluding hydrogens is 222 g/mol. The zero-order valence-corrected chi connectivity index (χ0v) is 10.1. The Morgan fingerprint density at radius 2 is 2.18 bits per heavy atom. The van der Waals surface area contributed by atoms with E-state index in [0.29, 0.717) is 6.42 Å². The standard InChI is InChI=1S/C12H17NO4/c1-4-7-5(2)9-8(6(3)14)11(15)13(9)10(7)12(16)17/h5-6,8-9,14H,4H2,1-3H3,(H,16,17)/p-1. The average molecular weight is 238 g/mol. The number of carboxylic acids is 1. The van der Waals surface area contributed by atoms with Gasteiger partial charge in [0.2, 0.25) is 5.91 Å². The molecule has 5 nitrogen and oxygen atoms in total. The minimum absolute atomic E-state index is 0.0203. The summed E-state index contributed by atoms with van der Waals surface area (Å²) in [6.45, 7) is 5.33. The number of fused-ring (bicyclic) bond motifs is 1. The number of rotatable bonds is 3. The van der Waals surface area contributed by atoms with E-state index >= 15 is 0 Å². The van der Waals surface area contributed by atoms with Crippen molar-refractivity contribution in [1.29, 1.82) is 0 Å². The SMILES string of the molecule is CCC1=C(C(=O)[O-])N2C(=O)C(C(C)O)C2C1C. The molecule has 0 aliphatic carbocycles. The molecule has 1 N–H and O–H groups in total. The minimum Gasteiger partial charge on any atom is -0.543 e. The molecule has 1 saturated heterocycles. The molecule has 94 valence electrons. The highest BCUT2D eigenvalue weighted by atomic mass is 16.4. The van der Waals surface area contributed by atoms with Gasteiger partial charge in [-0.3, -0.25) is 4.79 Å². The van der Waals surface area contributed by atoms with Crippen molar-refractivity contribution in [2.45, 2.75) is 39.3 Å². The summed E-state index contributed by atoms with van der Waals surface area (Å²) in [6, 6.07) is -0.217. The maximum Gasteiger partial charge on any atom is 0.235 e. The van der Waals surface area contributed by atoms with E-state index in [1.54, 1.807) is 6.92 Å². The lowest BCUT2D eigenvalue weighted by Crippen LogP contribution is -2.64. The van der Waals surface area contributed by atoms with Gasteiger partial charge in [-0.15, -0.1) is 0 Å². The van der Waals surface area contributed by atoms with Gasteiger partial charge in [-0.05, 0) is 18.9 Å². The lowest BCUT2D eigenvalue weighted by molar-refractivity contribution is -0.301. The Balaban J connectivity index is 2.39. The van der Waals surface area contributed by atoms with E-state index in [2.05, 4.69) is 0 Å². The van der Waals surface area contributed by atoms with Gasteiger partial charge in [0, 0.05) is 5.92 Å². The quantitative estimate of drug-likeness (QED) is 0.656. The Labute approximate surface area is 99.7 Å². The second-order valence-electron chi connectivity index (χ2n) is 4.77. The maximum atomic E-state index is 11.8. The Kier molecular flexibility index (Phi) is 2.73. The van der Waals surface area contributed by atoms with Crippen molar-refractivity contribution in [1.82, 2.24) is 4.90 Å². The molecule has 0 aromatic rings. The third kappa shape index (κ3) is 1.42. The highest BCUT2D eigenvalue weighted by Crippen LogP contribution is 2.47. The number of hydrogen-bond acceptors (Lipinski definition) is 4. The molecule has 1 amide bonds. The lowest BCUT2D eigenvalue weighted by Gasteiger charge is -2.47. The predicted molar refractivity (Wildman–Crippen MR) is 57.3 cm³/mol. The van der Waals surface area contributed by atoms with Gasteiger partial charge in [-0.1, -0.05) is 13.8 Å². The topological polar surface area (TPSA) is 80.7 Å². The van der Waals surface area contributed by atoms with Crippen LogP contribution in [0.4, 0.5) is 0 Å². The fraction of sp³-hybridized carbons (Fsp3) is 0.667. The zero-order valence-electron chi connectivity index (χ0n) is 10.1. The van der Waals surface area contributed by atoms with Crippen LogP contribution in [0.2, 0.25) is 0 Å². The first-order valence-electron chi connectivity index (χ1n) is 5.87. The van der Waals surface area contributed by atoms with Crippen LogP contribution < -0.4 is 5.11 Å². The van der Waals surface area contributed by atoms with Gasteiger partial charge in [-0.25, -0.2) is 0 Å². The zero-order chi connectivity index (χ0) is 12.9. The Hall–Kier alpha value is -1.36. The third-order valence-corrected chi connectivity index (χ3v) is 3.89. The van der Waals surface area contributed by atoms with Crippen molar-refractivity contribution < 1.29 is 19.8 Å². The van der Waals surface area contributed by atoms with Crippen LogP contribution in [0.3, 0.4) is 0 Å². The van der Waals surface area contributed by atoms with Gasteiger partial charge in [-0.2, -0.15) is 0 Å². The monoisotopic (exact) mass is 238 g/mol. The molecule has 4 unspecified atom stereocenters. The molecule has 2 aliphatic heterocycles. The van der Waals surface area contributed by atoms with E-state index < -0.39 is 18.0 Å². The molecule has 17 heavy (non-hydrogen) atoms. The highest BCUT2D eigenvalue weighted by molar-refractivity contribution is 5.99. The van der Waals surface area contributed by atoms with Crippen LogP contribution in [-0.4, -0.2) is 34.0 Å². The molecular formula is C12H16NO4-. The van der Waals surface area contributed by atoms with Crippen molar-refractivity contribution in [3.8, 4) is 0 Å². The fourth-order valence-electron chi connectivity index (χ4n) is 3.11. The minimum atomic E-state index is -1.30. The van der Waals surface area contributed by atoms with Crippen molar-refractivity contribution in [2.24, 2.45) is 11.8 Å². The van der Waals surface area contributed by atoms with Crippen LogP contribution in [0.25, 0.3) is 0 Å². The summed E-state index contributed by atoms with van der Waals surface area (Å²) in [7, 11) is 0. The van der Waals surface area contributed by atoms with E-state index in [9.17, 15) is 19.8 Å². The van der Waals surface area contributed by atoms with Gasteiger partial charge in [0.25, 0.3) is 0 Å². The number of nitrogens with zero attached hydrogens (tertiary/aromatic N) is 1. The van der Waals surface area contributed by atoms with Crippen LogP contribution in [0.1, 0.15) is 27.2 Å². The number of hydrogen-bond donors (Lipinski definition) is 1. The molecule has 2 heterocycles. The van der Waals surface area contributed by atoms with Gasteiger partial charge in [0.1, 0.15) is 0 Å². The predicted octanol–water partition coefficient (Wildman–Crippen LogP) is -0.742. The highest BCUT2D eigenvalue weighted by Gasteiger charge is 2.58. The van der Waals surface area contributed by atoms with E-state index in [1.165, 1.54) is 4.90 Å². The van der Waals surface area contributed by atoms with Gasteiger partial charge < -0.3 is 19.9 Å². The number of carbonyl (C=O) groups excluding carboxylic acids is 2. The summed E-state index contributed by atoms with van der Waals surface area (Å²) in [6.07, 6.45) is -0.164. The van der Waals surface area contributed by atoms with Crippen LogP contribution >= 0.6 is 0 Å². The number of carboxylic acid groups (broad SMARTS) is 1. The molecule has 0 aromatic carbocycles. The van der Waals surface area contributed by atoms with Crippen LogP contribution in [-0.2, 0) is 9.59 Å². The number of aliphatic hydroxyl groups excluding tert-OH is 1. The summed E-state index contributed by atoms with van der Waals surface area (Å²) in [5.41, 5.74) is 0.762. The summed E-state index contributed by atoms with van der Waals surface area (Å²) >= 11 is 0. The van der Waals surface area contributed by atoms with E-state index in [1.807, 2.05) is 13.8 Å². The van der Waals surface area contributed by atoms with Crippen LogP contribution in [0, 0.1) is 11.8 Å². The number of aliphatic carboxylic acids is 1. The smallest absolute Gasteiger partial charge is 0.235 e. The van der Waals surface area contributed by atoms with Crippen molar-refractivity contribution in [3.63, 3.8) is 0 Å². The summed E-state index contributed by atoms with van der Waals surface area (Å²) in [5.74, 6) is -2.11. The van der Waals surface area contributed by atoms with Gasteiger partial charge in [0.15, 0.2) is 0 Å². The molecule has 0 saturated carbocycles. The summed E-state index contributed by atoms with van der Waals surface area (Å²) in [5, 5.41) is 20.7. The number of carbonyl (C=O) groups is 2. The second kappa shape index (κ2) is 3.84. The third-order valence-electron chi connectivity index (χ3n) is 3.89. The normalized spacial score (nSPS) is 33.5. The summed E-state index contributed by atoms with van der Waals surface area (Å²) < 4.78 is 0. The summed E-state index contributed by atoms with van der Waals surface area (Å²) in [4.78, 5) is 24.2. The first-order valence-corrected chi connectivity index (χ1v) is 5.87. The molecule has 0 radical (unpaired) electrons. The molecule has 2 rings (SSSR count). The molecule has 1 fully saturated rings. The maximum absolute atomic E-state index is 11.8. The average Bonchev–Trinajstić information content (AvgIpc) is 2.47. The van der Waals surface area contributed by atoms with Crippen molar-refractivity contribution in [2.75, 3.05) is 0 Å². The Morgan fingerprint density at radius 1 is 1.59 bits per heavy atom.